The summed E-state index contributed by atoms with van der Waals surface area (Å²) in [5.74, 6) is -0.973. The number of alkyl halides is 3. The number of rotatable bonds is 7. The number of aromatic nitrogens is 2. The number of hydrogen-bond donors (Lipinski definition) is 0. The van der Waals surface area contributed by atoms with Crippen LogP contribution < -0.4 is 4.31 Å². The Morgan fingerprint density at radius 2 is 1.63 bits per heavy atom. The van der Waals surface area contributed by atoms with E-state index in [1.165, 1.54) is 18.4 Å². The highest BCUT2D eigenvalue weighted by Crippen LogP contribution is 2.35. The molecule has 0 N–H and O–H groups in total. The zero-order valence-electron chi connectivity index (χ0n) is 19.3. The second kappa shape index (κ2) is 9.78. The first-order valence-electron chi connectivity index (χ1n) is 11.0. The Morgan fingerprint density at radius 3 is 2.29 bits per heavy atom. The quantitative estimate of drug-likeness (QED) is 0.216. The fraction of sp³-hybridized carbons (Fsp3) is 0.0769. The number of nitrogens with zero attached hydrogens (tertiary/aromatic N) is 3. The van der Waals surface area contributed by atoms with Crippen molar-refractivity contribution in [1.29, 1.82) is 0 Å². The lowest BCUT2D eigenvalue weighted by molar-refractivity contribution is -0.137. The molecule has 0 saturated carbocycles. The summed E-state index contributed by atoms with van der Waals surface area (Å²) >= 11 is 0. The Morgan fingerprint density at radius 1 is 0.895 bits per heavy atom. The zero-order chi connectivity index (χ0) is 26.9. The third kappa shape index (κ3) is 5.02. The third-order valence-electron chi connectivity index (χ3n) is 5.62. The van der Waals surface area contributed by atoms with Crippen molar-refractivity contribution >= 4 is 16.0 Å². The average Bonchev–Trinajstić information content (AvgIpc) is 3.60. The van der Waals surface area contributed by atoms with Crippen molar-refractivity contribution < 1.29 is 34.9 Å². The Labute approximate surface area is 214 Å². The number of sulfonamides is 1. The minimum Gasteiger partial charge on any atom is -0.431 e. The van der Waals surface area contributed by atoms with Crippen molar-refractivity contribution in [3.63, 3.8) is 0 Å². The predicted octanol–water partition coefficient (Wildman–Crippen LogP) is 6.55. The Hall–Kier alpha value is -4.45. The highest BCUT2D eigenvalue weighted by atomic mass is 32.2. The minimum atomic E-state index is -4.71. The van der Waals surface area contributed by atoms with Gasteiger partial charge in [0.1, 0.15) is 29.7 Å². The van der Waals surface area contributed by atoms with Crippen molar-refractivity contribution in [2.75, 3.05) is 4.31 Å². The fourth-order valence-electron chi connectivity index (χ4n) is 3.69. The van der Waals surface area contributed by atoms with E-state index in [0.29, 0.717) is 35.0 Å². The van der Waals surface area contributed by atoms with E-state index < -0.39 is 39.2 Å². The smallest absolute Gasteiger partial charge is 0.416 e. The van der Waals surface area contributed by atoms with Gasteiger partial charge in [0, 0.05) is 17.2 Å². The molecule has 0 aliphatic heterocycles. The first-order chi connectivity index (χ1) is 18.1. The van der Waals surface area contributed by atoms with E-state index in [4.69, 9.17) is 8.94 Å². The monoisotopic (exact) mass is 543 g/mol. The molecule has 5 aromatic rings. The van der Waals surface area contributed by atoms with E-state index in [0.717, 1.165) is 10.6 Å². The van der Waals surface area contributed by atoms with Gasteiger partial charge in [0.25, 0.3) is 10.0 Å². The van der Waals surface area contributed by atoms with E-state index in [1.807, 2.05) is 0 Å². The van der Waals surface area contributed by atoms with Crippen molar-refractivity contribution in [3.05, 3.63) is 108 Å². The van der Waals surface area contributed by atoms with Gasteiger partial charge < -0.3 is 8.94 Å². The molecule has 38 heavy (non-hydrogen) atoms. The summed E-state index contributed by atoms with van der Waals surface area (Å²) < 4.78 is 92.5. The van der Waals surface area contributed by atoms with Crippen LogP contribution in [0.2, 0.25) is 0 Å². The maximum atomic E-state index is 14.5. The lowest BCUT2D eigenvalue weighted by atomic mass is 10.1. The van der Waals surface area contributed by atoms with Crippen LogP contribution in [0.1, 0.15) is 11.1 Å². The summed E-state index contributed by atoms with van der Waals surface area (Å²) in [7, 11) is -4.29. The van der Waals surface area contributed by atoms with Gasteiger partial charge in [0.2, 0.25) is 0 Å². The molecule has 12 heteroatoms. The number of halogens is 4. The Bertz CT molecular complexity index is 1650. The van der Waals surface area contributed by atoms with E-state index in [1.54, 1.807) is 48.5 Å². The van der Waals surface area contributed by atoms with Crippen LogP contribution in [0, 0.1) is 5.82 Å². The molecule has 0 amide bonds. The molecule has 0 bridgehead atoms. The fourth-order valence-corrected chi connectivity index (χ4v) is 5.03. The van der Waals surface area contributed by atoms with Crippen LogP contribution in [-0.4, -0.2) is 18.6 Å². The van der Waals surface area contributed by atoms with Crippen LogP contribution in [0.4, 0.5) is 23.6 Å². The molecule has 0 unspecified atom stereocenters. The van der Waals surface area contributed by atoms with E-state index in [2.05, 4.69) is 10.1 Å². The predicted molar refractivity (Wildman–Crippen MR) is 129 cm³/mol. The van der Waals surface area contributed by atoms with Gasteiger partial charge in [0.15, 0.2) is 0 Å². The molecule has 0 aliphatic rings. The summed E-state index contributed by atoms with van der Waals surface area (Å²) in [5.41, 5.74) is -0.150. The summed E-state index contributed by atoms with van der Waals surface area (Å²) in [6, 6.07) is 17.4. The van der Waals surface area contributed by atoms with Gasteiger partial charge in [-0.25, -0.2) is 17.1 Å². The van der Waals surface area contributed by atoms with Crippen molar-refractivity contribution in [3.8, 4) is 22.5 Å². The second-order valence-electron chi connectivity index (χ2n) is 8.11. The highest BCUT2D eigenvalue weighted by Gasteiger charge is 2.33. The second-order valence-corrected chi connectivity index (χ2v) is 9.98. The van der Waals surface area contributed by atoms with Gasteiger partial charge in [-0.15, -0.1) is 0 Å². The van der Waals surface area contributed by atoms with Crippen LogP contribution in [0.3, 0.4) is 0 Å². The molecule has 3 aromatic carbocycles. The van der Waals surface area contributed by atoms with Gasteiger partial charge in [-0.2, -0.15) is 18.2 Å². The zero-order valence-corrected chi connectivity index (χ0v) is 20.1. The minimum absolute atomic E-state index is 0.106. The molecule has 0 saturated heterocycles. The maximum absolute atomic E-state index is 14.5. The molecule has 0 spiro atoms. The lowest BCUT2D eigenvalue weighted by Crippen LogP contribution is -2.30. The van der Waals surface area contributed by atoms with E-state index in [9.17, 15) is 26.0 Å². The summed E-state index contributed by atoms with van der Waals surface area (Å²) in [6.07, 6.45) is -2.42. The number of oxazole rings is 1. The van der Waals surface area contributed by atoms with Crippen LogP contribution in [-0.2, 0) is 22.7 Å². The van der Waals surface area contributed by atoms with Gasteiger partial charge in [-0.05, 0) is 35.9 Å². The molecule has 2 aromatic heterocycles. The van der Waals surface area contributed by atoms with Crippen molar-refractivity contribution in [1.82, 2.24) is 10.1 Å². The van der Waals surface area contributed by atoms with Gasteiger partial charge in [-0.1, -0.05) is 47.6 Å². The summed E-state index contributed by atoms with van der Waals surface area (Å²) in [6.45, 7) is -0.209. The number of anilines is 1. The normalized spacial score (nSPS) is 12.0. The van der Waals surface area contributed by atoms with Crippen molar-refractivity contribution in [2.45, 2.75) is 17.6 Å². The molecule has 0 aliphatic carbocycles. The molecular weight excluding hydrogens is 526 g/mol. The SMILES string of the molecule is O=S(=O)(c1ccc(-c2ccon2)cc1)N(Cc1ccccc1)c1nc(-c2cc(C(F)(F)F)ccc2F)co1. The third-order valence-corrected chi connectivity index (χ3v) is 7.35. The molecular formula is C26H17F4N3O4S. The first-order valence-corrected chi connectivity index (χ1v) is 12.5. The first kappa shape index (κ1) is 25.2. The molecule has 7 nitrogen and oxygen atoms in total. The highest BCUT2D eigenvalue weighted by molar-refractivity contribution is 7.92. The van der Waals surface area contributed by atoms with Crippen molar-refractivity contribution in [2.24, 2.45) is 0 Å². The van der Waals surface area contributed by atoms with Crippen LogP contribution in [0.25, 0.3) is 22.5 Å². The summed E-state index contributed by atoms with van der Waals surface area (Å²) in [4.78, 5) is 3.96. The Kier molecular flexibility index (Phi) is 6.49. The van der Waals surface area contributed by atoms with Crippen LogP contribution in [0.15, 0.2) is 105 Å². The number of benzene rings is 3. The summed E-state index contributed by atoms with van der Waals surface area (Å²) in [5, 5.41) is 3.82. The van der Waals surface area contributed by atoms with E-state index in [-0.39, 0.29) is 17.1 Å². The van der Waals surface area contributed by atoms with Gasteiger partial charge in [-0.3, -0.25) is 0 Å². The average molecular weight is 543 g/mol. The standard InChI is InChI=1S/C26H17F4N3O4S/c27-22-11-8-19(26(28,29)30)14-21(22)24-16-36-25(31-24)33(15-17-4-2-1-3-5-17)38(34,35)20-9-6-18(7-10-20)23-12-13-37-32-23/h1-14,16H,15H2. The van der Waals surface area contributed by atoms with Gasteiger partial charge >= 0.3 is 12.2 Å². The molecule has 0 fully saturated rings. The molecule has 2 heterocycles. The van der Waals surface area contributed by atoms with E-state index >= 15 is 0 Å². The van der Waals surface area contributed by atoms with Gasteiger partial charge in [0.05, 0.1) is 17.0 Å². The van der Waals surface area contributed by atoms with Crippen LogP contribution in [0.5, 0.6) is 0 Å². The topological polar surface area (TPSA) is 89.4 Å². The molecule has 0 radical (unpaired) electrons. The Balaban J connectivity index is 1.55. The van der Waals surface area contributed by atoms with Crippen LogP contribution >= 0.6 is 0 Å². The largest absolute Gasteiger partial charge is 0.431 e. The number of hydrogen-bond acceptors (Lipinski definition) is 6. The molecule has 194 valence electrons. The lowest BCUT2D eigenvalue weighted by Gasteiger charge is -2.21. The molecule has 5 rings (SSSR count). The maximum Gasteiger partial charge on any atom is 0.416 e. The molecule has 0 atom stereocenters.